The first-order chi connectivity index (χ1) is 9.79. The number of hydroxylamine groups is 2. The fraction of sp³-hybridized carbons (Fsp3) is 0.333. The number of nitrogens with zero attached hydrogens (tertiary/aromatic N) is 1. The molecule has 0 fully saturated rings. The van der Waals surface area contributed by atoms with Gasteiger partial charge < -0.3 is 15.0 Å². The molecule has 0 aliphatic carbocycles. The van der Waals surface area contributed by atoms with Crippen LogP contribution in [0.2, 0.25) is 0 Å². The molecule has 106 valence electrons. The molecule has 4 nitrogen and oxygen atoms in total. The molecule has 1 aliphatic rings. The Morgan fingerprint density at radius 3 is 3.05 bits per heavy atom. The molecule has 0 bridgehead atoms. The third-order valence-electron chi connectivity index (χ3n) is 3.41. The lowest BCUT2D eigenvalue weighted by molar-refractivity contribution is -0.119. The highest BCUT2D eigenvalue weighted by Gasteiger charge is 2.29. The minimum Gasteiger partial charge on any atom is -0.464 e. The number of benzene rings is 1. The summed E-state index contributed by atoms with van der Waals surface area (Å²) in [5.74, 6) is 1.57. The third-order valence-corrected chi connectivity index (χ3v) is 4.11. The van der Waals surface area contributed by atoms with Crippen LogP contribution in [0.1, 0.15) is 18.0 Å². The number of nitrogens with two attached hydrogens (primary N) is 1. The fourth-order valence-electron chi connectivity index (χ4n) is 2.48. The maximum atomic E-state index is 5.83. The van der Waals surface area contributed by atoms with E-state index in [1.54, 1.807) is 6.26 Å². The predicted octanol–water partition coefficient (Wildman–Crippen LogP) is 3.27. The van der Waals surface area contributed by atoms with Gasteiger partial charge in [0.15, 0.2) is 0 Å². The molecule has 1 aromatic carbocycles. The summed E-state index contributed by atoms with van der Waals surface area (Å²) in [6, 6.07) is 8.06. The van der Waals surface area contributed by atoms with Crippen LogP contribution in [0.5, 0.6) is 0 Å². The summed E-state index contributed by atoms with van der Waals surface area (Å²) >= 11 is 1.84. The Hall–Kier alpha value is -1.59. The lowest BCUT2D eigenvalue weighted by Crippen LogP contribution is -2.25. The Morgan fingerprint density at radius 1 is 1.35 bits per heavy atom. The van der Waals surface area contributed by atoms with Gasteiger partial charge >= 0.3 is 0 Å². The van der Waals surface area contributed by atoms with Gasteiger partial charge in [-0.25, -0.2) is 0 Å². The minimum absolute atomic E-state index is 0.0282. The second-order valence-corrected chi connectivity index (χ2v) is 5.77. The molecule has 0 spiro atoms. The van der Waals surface area contributed by atoms with E-state index in [9.17, 15) is 0 Å². The van der Waals surface area contributed by atoms with Crippen molar-refractivity contribution in [3.63, 3.8) is 0 Å². The van der Waals surface area contributed by atoms with Gasteiger partial charge in [-0.05, 0) is 24.5 Å². The Balaban J connectivity index is 1.86. The minimum atomic E-state index is 0.0282. The van der Waals surface area contributed by atoms with Crippen molar-refractivity contribution in [2.24, 2.45) is 5.73 Å². The van der Waals surface area contributed by atoms with Crippen molar-refractivity contribution < 1.29 is 9.25 Å². The first-order valence-electron chi connectivity index (χ1n) is 6.66. The molecule has 0 saturated heterocycles. The quantitative estimate of drug-likeness (QED) is 0.856. The molecule has 1 aliphatic heterocycles. The van der Waals surface area contributed by atoms with Crippen molar-refractivity contribution in [2.75, 3.05) is 18.6 Å². The number of furan rings is 1. The van der Waals surface area contributed by atoms with Crippen molar-refractivity contribution in [1.82, 2.24) is 5.06 Å². The van der Waals surface area contributed by atoms with Gasteiger partial charge in [-0.1, -0.05) is 18.2 Å². The van der Waals surface area contributed by atoms with E-state index in [0.29, 0.717) is 5.88 Å². The summed E-state index contributed by atoms with van der Waals surface area (Å²) in [7, 11) is 0. The van der Waals surface area contributed by atoms with Crippen LogP contribution in [0, 0.1) is 0 Å². The van der Waals surface area contributed by atoms with Crippen molar-refractivity contribution >= 4 is 22.7 Å². The van der Waals surface area contributed by atoms with Crippen LogP contribution in [0.15, 0.2) is 46.9 Å². The number of thioether (sulfide) groups is 1. The summed E-state index contributed by atoms with van der Waals surface area (Å²) in [5, 5.41) is 3.05. The standard InChI is InChI=1S/C15H18N2O2S/c1-20-8-4-7-17-13(9-15(16)19-17)12-10-18-14-6-3-2-5-11(12)14/h2-3,5-6,9-10,13H,4,7-8,16H2,1H3. The predicted molar refractivity (Wildman–Crippen MR) is 82.0 cm³/mol. The fourth-order valence-corrected chi connectivity index (χ4v) is 2.90. The second-order valence-electron chi connectivity index (χ2n) is 4.78. The van der Waals surface area contributed by atoms with Crippen LogP contribution in [0.4, 0.5) is 0 Å². The highest BCUT2D eigenvalue weighted by molar-refractivity contribution is 7.98. The van der Waals surface area contributed by atoms with Gasteiger partial charge in [0.1, 0.15) is 5.58 Å². The van der Waals surface area contributed by atoms with Crippen LogP contribution >= 0.6 is 11.8 Å². The van der Waals surface area contributed by atoms with Gasteiger partial charge in [-0.2, -0.15) is 11.8 Å². The van der Waals surface area contributed by atoms with Crippen LogP contribution in [-0.2, 0) is 4.84 Å². The summed E-state index contributed by atoms with van der Waals surface area (Å²) in [6.07, 6.45) is 6.92. The maximum Gasteiger partial charge on any atom is 0.207 e. The Labute approximate surface area is 122 Å². The molecule has 2 aromatic rings. The van der Waals surface area contributed by atoms with Gasteiger partial charge in [0.05, 0.1) is 12.3 Å². The number of rotatable bonds is 5. The van der Waals surface area contributed by atoms with Crippen molar-refractivity contribution in [3.05, 3.63) is 48.1 Å². The molecule has 0 radical (unpaired) electrons. The molecule has 1 atom stereocenters. The molecular weight excluding hydrogens is 272 g/mol. The SMILES string of the molecule is CSCCCN1OC(N)=CC1c1coc2ccccc12. The normalized spacial score (nSPS) is 19.2. The average molecular weight is 290 g/mol. The first kappa shape index (κ1) is 13.4. The summed E-state index contributed by atoms with van der Waals surface area (Å²) in [4.78, 5) is 5.61. The largest absolute Gasteiger partial charge is 0.464 e. The van der Waals surface area contributed by atoms with Crippen LogP contribution in [-0.4, -0.2) is 23.6 Å². The molecule has 1 unspecified atom stereocenters. The summed E-state index contributed by atoms with van der Waals surface area (Å²) in [6.45, 7) is 0.849. The third kappa shape index (κ3) is 2.51. The van der Waals surface area contributed by atoms with Crippen molar-refractivity contribution in [1.29, 1.82) is 0 Å². The average Bonchev–Trinajstić information content (AvgIpc) is 3.02. The molecule has 5 heteroatoms. The number of hydrogen-bond acceptors (Lipinski definition) is 5. The molecule has 3 rings (SSSR count). The van der Waals surface area contributed by atoms with Gasteiger partial charge in [-0.3, -0.25) is 0 Å². The zero-order chi connectivity index (χ0) is 13.9. The zero-order valence-electron chi connectivity index (χ0n) is 11.4. The maximum absolute atomic E-state index is 5.83. The second kappa shape index (κ2) is 5.81. The van der Waals surface area contributed by atoms with E-state index >= 15 is 0 Å². The van der Waals surface area contributed by atoms with Gasteiger partial charge in [0.2, 0.25) is 5.88 Å². The van der Waals surface area contributed by atoms with Gasteiger partial charge in [0, 0.05) is 23.6 Å². The molecule has 20 heavy (non-hydrogen) atoms. The lowest BCUT2D eigenvalue weighted by Gasteiger charge is -2.21. The lowest BCUT2D eigenvalue weighted by atomic mass is 10.1. The van der Waals surface area contributed by atoms with Crippen LogP contribution in [0.3, 0.4) is 0 Å². The number of para-hydroxylation sites is 1. The van der Waals surface area contributed by atoms with Crippen molar-refractivity contribution in [3.8, 4) is 0 Å². The van der Waals surface area contributed by atoms with Crippen molar-refractivity contribution in [2.45, 2.75) is 12.5 Å². The molecule has 0 amide bonds. The van der Waals surface area contributed by atoms with Gasteiger partial charge in [0.25, 0.3) is 0 Å². The molecule has 2 N–H and O–H groups in total. The van der Waals surface area contributed by atoms with E-state index in [2.05, 4.69) is 12.3 Å². The smallest absolute Gasteiger partial charge is 0.207 e. The molecular formula is C15H18N2O2S. The monoisotopic (exact) mass is 290 g/mol. The Kier molecular flexibility index (Phi) is 3.89. The first-order valence-corrected chi connectivity index (χ1v) is 8.06. The van der Waals surface area contributed by atoms with E-state index in [4.69, 9.17) is 15.0 Å². The summed E-state index contributed by atoms with van der Waals surface area (Å²) < 4.78 is 5.61. The van der Waals surface area contributed by atoms with E-state index in [0.717, 1.165) is 35.3 Å². The Bertz CT molecular complexity index is 623. The van der Waals surface area contributed by atoms with Gasteiger partial charge in [-0.15, -0.1) is 5.06 Å². The van der Waals surface area contributed by atoms with Crippen LogP contribution < -0.4 is 5.73 Å². The highest BCUT2D eigenvalue weighted by atomic mass is 32.2. The van der Waals surface area contributed by atoms with E-state index in [1.807, 2.05) is 41.1 Å². The zero-order valence-corrected chi connectivity index (χ0v) is 12.2. The molecule has 2 heterocycles. The number of hydrogen-bond donors (Lipinski definition) is 1. The molecule has 1 aromatic heterocycles. The van der Waals surface area contributed by atoms with Crippen LogP contribution in [0.25, 0.3) is 11.0 Å². The number of fused-ring (bicyclic) bond motifs is 1. The highest BCUT2D eigenvalue weighted by Crippen LogP contribution is 2.35. The van der Waals surface area contributed by atoms with E-state index in [-0.39, 0.29) is 6.04 Å². The topological polar surface area (TPSA) is 51.6 Å². The summed E-state index contributed by atoms with van der Waals surface area (Å²) in [5.41, 5.74) is 7.83. The molecule has 0 saturated carbocycles. The Morgan fingerprint density at radius 2 is 2.20 bits per heavy atom. The van der Waals surface area contributed by atoms with E-state index in [1.165, 1.54) is 0 Å². The van der Waals surface area contributed by atoms with E-state index < -0.39 is 0 Å².